The van der Waals surface area contributed by atoms with Crippen molar-refractivity contribution in [2.24, 2.45) is 0 Å². The molecule has 0 aliphatic heterocycles. The van der Waals surface area contributed by atoms with Crippen LogP contribution in [-0.2, 0) is 6.42 Å². The highest BCUT2D eigenvalue weighted by Crippen LogP contribution is 2.43. The minimum atomic E-state index is -0.231. The number of hydrogen-bond acceptors (Lipinski definition) is 3. The van der Waals surface area contributed by atoms with E-state index in [1.165, 1.54) is 23.8 Å². The van der Waals surface area contributed by atoms with Crippen molar-refractivity contribution in [2.45, 2.75) is 25.2 Å². The summed E-state index contributed by atoms with van der Waals surface area (Å²) in [5.41, 5.74) is 8.02. The summed E-state index contributed by atoms with van der Waals surface area (Å²) in [6.45, 7) is 0. The molecule has 0 bridgehead atoms. The van der Waals surface area contributed by atoms with E-state index < -0.39 is 0 Å². The monoisotopic (exact) mass is 326 g/mol. The summed E-state index contributed by atoms with van der Waals surface area (Å²) in [5.74, 6) is 0.363. The molecule has 1 aliphatic carbocycles. The molecular formula is C13H12BrFN2S. The fraction of sp³-hybridized carbons (Fsp3) is 0.308. The molecule has 2 N–H and O–H groups in total. The van der Waals surface area contributed by atoms with E-state index in [2.05, 4.69) is 20.9 Å². The van der Waals surface area contributed by atoms with Crippen LogP contribution in [0.5, 0.6) is 0 Å². The van der Waals surface area contributed by atoms with Crippen molar-refractivity contribution in [3.05, 3.63) is 44.6 Å². The first-order valence-electron chi connectivity index (χ1n) is 5.82. The SMILES string of the molecule is Nc1nc(C2CC2)c(Cc2ccc(F)c(Br)c2)s1. The van der Waals surface area contributed by atoms with E-state index in [0.29, 0.717) is 15.5 Å². The van der Waals surface area contributed by atoms with Crippen LogP contribution in [0.4, 0.5) is 9.52 Å². The summed E-state index contributed by atoms with van der Waals surface area (Å²) in [4.78, 5) is 5.64. The van der Waals surface area contributed by atoms with Crippen LogP contribution in [0.25, 0.3) is 0 Å². The molecule has 5 heteroatoms. The first kappa shape index (κ1) is 12.1. The van der Waals surface area contributed by atoms with Crippen LogP contribution < -0.4 is 5.73 Å². The number of benzene rings is 1. The predicted octanol–water partition coefficient (Wildman–Crippen LogP) is 4.10. The van der Waals surface area contributed by atoms with Gasteiger partial charge in [0.1, 0.15) is 5.82 Å². The van der Waals surface area contributed by atoms with E-state index >= 15 is 0 Å². The van der Waals surface area contributed by atoms with E-state index in [1.807, 2.05) is 12.1 Å². The molecule has 1 saturated carbocycles. The zero-order valence-electron chi connectivity index (χ0n) is 9.62. The maximum atomic E-state index is 13.2. The van der Waals surface area contributed by atoms with Gasteiger partial charge in [-0.05, 0) is 46.5 Å². The number of rotatable bonds is 3. The number of anilines is 1. The molecule has 0 unspecified atom stereocenters. The lowest BCUT2D eigenvalue weighted by Gasteiger charge is -2.03. The van der Waals surface area contributed by atoms with Gasteiger partial charge in [0, 0.05) is 17.2 Å². The summed E-state index contributed by atoms with van der Waals surface area (Å²) in [6.07, 6.45) is 3.20. The number of nitrogens with zero attached hydrogens (tertiary/aromatic N) is 1. The molecule has 0 spiro atoms. The minimum absolute atomic E-state index is 0.231. The first-order valence-corrected chi connectivity index (χ1v) is 7.43. The Morgan fingerprint density at radius 2 is 2.22 bits per heavy atom. The molecule has 0 radical (unpaired) electrons. The highest BCUT2D eigenvalue weighted by molar-refractivity contribution is 9.10. The van der Waals surface area contributed by atoms with E-state index in [-0.39, 0.29) is 5.82 Å². The van der Waals surface area contributed by atoms with E-state index in [1.54, 1.807) is 11.3 Å². The van der Waals surface area contributed by atoms with Crippen LogP contribution in [-0.4, -0.2) is 4.98 Å². The fourth-order valence-corrected chi connectivity index (χ4v) is 3.40. The minimum Gasteiger partial charge on any atom is -0.375 e. The molecule has 0 amide bonds. The average Bonchev–Trinajstić information content (AvgIpc) is 3.09. The molecule has 1 aliphatic rings. The Hall–Kier alpha value is -0.940. The lowest BCUT2D eigenvalue weighted by molar-refractivity contribution is 0.620. The van der Waals surface area contributed by atoms with Crippen molar-refractivity contribution in [1.82, 2.24) is 4.98 Å². The van der Waals surface area contributed by atoms with Crippen LogP contribution in [0, 0.1) is 5.82 Å². The van der Waals surface area contributed by atoms with Gasteiger partial charge in [-0.25, -0.2) is 9.37 Å². The molecule has 0 saturated heterocycles. The highest BCUT2D eigenvalue weighted by atomic mass is 79.9. The van der Waals surface area contributed by atoms with Gasteiger partial charge in [-0.15, -0.1) is 11.3 Å². The second-order valence-electron chi connectivity index (χ2n) is 4.56. The Morgan fingerprint density at radius 3 is 2.89 bits per heavy atom. The molecule has 18 heavy (non-hydrogen) atoms. The van der Waals surface area contributed by atoms with Gasteiger partial charge in [0.2, 0.25) is 0 Å². The lowest BCUT2D eigenvalue weighted by Crippen LogP contribution is -1.92. The van der Waals surface area contributed by atoms with Crippen molar-refractivity contribution < 1.29 is 4.39 Å². The molecule has 3 rings (SSSR count). The van der Waals surface area contributed by atoms with Gasteiger partial charge in [-0.3, -0.25) is 0 Å². The van der Waals surface area contributed by atoms with Crippen molar-refractivity contribution in [3.63, 3.8) is 0 Å². The Morgan fingerprint density at radius 1 is 1.44 bits per heavy atom. The Bertz CT molecular complexity index is 593. The topological polar surface area (TPSA) is 38.9 Å². The molecule has 2 aromatic rings. The number of halogens is 2. The van der Waals surface area contributed by atoms with Crippen LogP contribution in [0.3, 0.4) is 0 Å². The predicted molar refractivity (Wildman–Crippen MR) is 75.4 cm³/mol. The summed E-state index contributed by atoms with van der Waals surface area (Å²) < 4.78 is 13.7. The second-order valence-corrected chi connectivity index (χ2v) is 6.53. The van der Waals surface area contributed by atoms with E-state index in [0.717, 1.165) is 17.7 Å². The highest BCUT2D eigenvalue weighted by Gasteiger charge is 2.29. The van der Waals surface area contributed by atoms with Crippen LogP contribution in [0.15, 0.2) is 22.7 Å². The summed E-state index contributed by atoms with van der Waals surface area (Å²) in [5, 5.41) is 0.632. The van der Waals surface area contributed by atoms with Gasteiger partial charge < -0.3 is 5.73 Å². The third-order valence-corrected chi connectivity index (χ3v) is 4.56. The standard InChI is InChI=1S/C13H12BrFN2S/c14-9-5-7(1-4-10(9)15)6-11-12(8-2-3-8)17-13(16)18-11/h1,4-5,8H,2-3,6H2,(H2,16,17). The fourth-order valence-electron chi connectivity index (χ4n) is 2.02. The smallest absolute Gasteiger partial charge is 0.180 e. The maximum absolute atomic E-state index is 13.2. The van der Waals surface area contributed by atoms with Crippen molar-refractivity contribution in [1.29, 1.82) is 0 Å². The van der Waals surface area contributed by atoms with Gasteiger partial charge in [0.05, 0.1) is 10.2 Å². The number of hydrogen-bond donors (Lipinski definition) is 1. The van der Waals surface area contributed by atoms with E-state index in [9.17, 15) is 4.39 Å². The zero-order valence-corrected chi connectivity index (χ0v) is 12.0. The third kappa shape index (κ3) is 2.42. The summed E-state index contributed by atoms with van der Waals surface area (Å²) in [7, 11) is 0. The molecule has 2 nitrogen and oxygen atoms in total. The molecule has 94 valence electrons. The number of aromatic nitrogens is 1. The van der Waals surface area contributed by atoms with Crippen LogP contribution in [0.1, 0.15) is 34.9 Å². The molecule has 1 fully saturated rings. The normalized spacial score (nSPS) is 15.0. The number of nitrogen functional groups attached to an aromatic ring is 1. The maximum Gasteiger partial charge on any atom is 0.180 e. The Kier molecular flexibility index (Phi) is 3.11. The second kappa shape index (κ2) is 4.63. The van der Waals surface area contributed by atoms with Crippen molar-refractivity contribution in [3.8, 4) is 0 Å². The molecular weight excluding hydrogens is 315 g/mol. The van der Waals surface area contributed by atoms with Gasteiger partial charge in [0.15, 0.2) is 5.13 Å². The number of thiazole rings is 1. The molecule has 1 aromatic heterocycles. The first-order chi connectivity index (χ1) is 8.63. The molecule has 1 heterocycles. The summed E-state index contributed by atoms with van der Waals surface area (Å²) in [6, 6.07) is 5.12. The summed E-state index contributed by atoms with van der Waals surface area (Å²) >= 11 is 4.76. The van der Waals surface area contributed by atoms with Gasteiger partial charge in [-0.1, -0.05) is 6.07 Å². The molecule has 0 atom stereocenters. The van der Waals surface area contributed by atoms with Crippen molar-refractivity contribution in [2.75, 3.05) is 5.73 Å². The Balaban J connectivity index is 1.89. The zero-order chi connectivity index (χ0) is 12.7. The number of nitrogens with two attached hydrogens (primary N) is 1. The quantitative estimate of drug-likeness (QED) is 0.922. The van der Waals surface area contributed by atoms with Gasteiger partial charge in [-0.2, -0.15) is 0 Å². The van der Waals surface area contributed by atoms with Crippen molar-refractivity contribution >= 4 is 32.4 Å². The van der Waals surface area contributed by atoms with Crippen LogP contribution >= 0.6 is 27.3 Å². The molecule has 1 aromatic carbocycles. The van der Waals surface area contributed by atoms with Crippen LogP contribution in [0.2, 0.25) is 0 Å². The van der Waals surface area contributed by atoms with Gasteiger partial charge >= 0.3 is 0 Å². The van der Waals surface area contributed by atoms with Gasteiger partial charge in [0.25, 0.3) is 0 Å². The third-order valence-electron chi connectivity index (χ3n) is 3.06. The largest absolute Gasteiger partial charge is 0.375 e. The van der Waals surface area contributed by atoms with E-state index in [4.69, 9.17) is 5.73 Å². The average molecular weight is 327 g/mol. The Labute approximate surface area is 117 Å². The lowest BCUT2D eigenvalue weighted by atomic mass is 10.1.